The van der Waals surface area contributed by atoms with Crippen LogP contribution in [0.4, 0.5) is 5.69 Å². The number of nitrogens with zero attached hydrogens (tertiary/aromatic N) is 1. The summed E-state index contributed by atoms with van der Waals surface area (Å²) in [6.07, 6.45) is 0. The maximum atomic E-state index is 12.2. The van der Waals surface area contributed by atoms with Crippen molar-refractivity contribution in [2.75, 3.05) is 11.4 Å². The van der Waals surface area contributed by atoms with Crippen LogP contribution in [0.1, 0.15) is 0 Å². The Morgan fingerprint density at radius 3 is 2.35 bits per heavy atom. The smallest absolute Gasteiger partial charge is 0.269 e. The molecule has 17 heavy (non-hydrogen) atoms. The van der Waals surface area contributed by atoms with Gasteiger partial charge in [-0.15, -0.1) is 11.3 Å². The first kappa shape index (κ1) is 12.8. The van der Waals surface area contributed by atoms with Gasteiger partial charge in [-0.1, -0.05) is 6.07 Å². The molecule has 0 bridgehead atoms. The van der Waals surface area contributed by atoms with Gasteiger partial charge < -0.3 is 0 Å². The first-order valence-corrected chi connectivity index (χ1v) is 8.19. The molecule has 0 amide bonds. The van der Waals surface area contributed by atoms with Crippen molar-refractivity contribution in [1.29, 1.82) is 0 Å². The van der Waals surface area contributed by atoms with Crippen molar-refractivity contribution >= 4 is 49.6 Å². The van der Waals surface area contributed by atoms with E-state index in [1.54, 1.807) is 36.7 Å². The molecule has 0 saturated carbocycles. The van der Waals surface area contributed by atoms with Gasteiger partial charge in [-0.25, -0.2) is 8.42 Å². The van der Waals surface area contributed by atoms with Gasteiger partial charge in [0.05, 0.1) is 5.69 Å². The summed E-state index contributed by atoms with van der Waals surface area (Å²) in [4.78, 5) is 0. The standard InChI is InChI=1S/C11H10INO2S2/c1-13(10-6-4-9(12)5-7-10)17(14,15)11-3-2-8-16-11/h2-8H,1H3. The molecular formula is C11H10INO2S2. The van der Waals surface area contributed by atoms with Gasteiger partial charge in [0.25, 0.3) is 10.0 Å². The van der Waals surface area contributed by atoms with Gasteiger partial charge in [0.2, 0.25) is 0 Å². The molecule has 0 aliphatic heterocycles. The summed E-state index contributed by atoms with van der Waals surface area (Å²) in [5.41, 5.74) is 0.666. The van der Waals surface area contributed by atoms with Crippen LogP contribution in [-0.2, 0) is 10.0 Å². The fourth-order valence-electron chi connectivity index (χ4n) is 1.34. The predicted molar refractivity (Wildman–Crippen MR) is 79.1 cm³/mol. The molecule has 90 valence electrons. The number of benzene rings is 1. The monoisotopic (exact) mass is 379 g/mol. The van der Waals surface area contributed by atoms with E-state index in [1.165, 1.54) is 15.6 Å². The van der Waals surface area contributed by atoms with Crippen LogP contribution in [0.25, 0.3) is 0 Å². The molecule has 3 nitrogen and oxygen atoms in total. The van der Waals surface area contributed by atoms with Gasteiger partial charge in [0.15, 0.2) is 0 Å². The zero-order chi connectivity index (χ0) is 12.5. The van der Waals surface area contributed by atoms with E-state index in [1.807, 2.05) is 12.1 Å². The van der Waals surface area contributed by atoms with Crippen molar-refractivity contribution in [3.05, 3.63) is 45.3 Å². The Balaban J connectivity index is 2.38. The number of hydrogen-bond acceptors (Lipinski definition) is 3. The molecule has 0 fully saturated rings. The number of halogens is 1. The van der Waals surface area contributed by atoms with Gasteiger partial charge in [-0.05, 0) is 58.3 Å². The third kappa shape index (κ3) is 2.63. The van der Waals surface area contributed by atoms with Crippen LogP contribution in [-0.4, -0.2) is 15.5 Å². The van der Waals surface area contributed by atoms with Crippen LogP contribution in [0.15, 0.2) is 46.0 Å². The summed E-state index contributed by atoms with van der Waals surface area (Å²) >= 11 is 3.41. The van der Waals surface area contributed by atoms with Crippen LogP contribution in [0.3, 0.4) is 0 Å². The molecule has 6 heteroatoms. The molecule has 1 aromatic carbocycles. The summed E-state index contributed by atoms with van der Waals surface area (Å²) in [7, 11) is -1.85. The summed E-state index contributed by atoms with van der Waals surface area (Å²) in [6, 6.07) is 10.7. The van der Waals surface area contributed by atoms with E-state index in [0.29, 0.717) is 9.90 Å². The lowest BCUT2D eigenvalue weighted by molar-refractivity contribution is 0.596. The molecule has 0 aliphatic carbocycles. The highest BCUT2D eigenvalue weighted by molar-refractivity contribution is 14.1. The van der Waals surface area contributed by atoms with Crippen LogP contribution in [0.2, 0.25) is 0 Å². The van der Waals surface area contributed by atoms with Crippen molar-refractivity contribution in [3.8, 4) is 0 Å². The van der Waals surface area contributed by atoms with E-state index in [0.717, 1.165) is 3.57 Å². The fourth-order valence-corrected chi connectivity index (χ4v) is 4.05. The maximum Gasteiger partial charge on any atom is 0.273 e. The fraction of sp³-hybridized carbons (Fsp3) is 0.0909. The van der Waals surface area contributed by atoms with E-state index in [2.05, 4.69) is 22.6 Å². The molecule has 1 heterocycles. The molecule has 2 rings (SSSR count). The van der Waals surface area contributed by atoms with Crippen LogP contribution in [0, 0.1) is 3.57 Å². The average molecular weight is 379 g/mol. The van der Waals surface area contributed by atoms with Gasteiger partial charge in [-0.3, -0.25) is 4.31 Å². The van der Waals surface area contributed by atoms with E-state index in [-0.39, 0.29) is 0 Å². The van der Waals surface area contributed by atoms with Crippen molar-refractivity contribution in [2.24, 2.45) is 0 Å². The third-order valence-electron chi connectivity index (χ3n) is 2.30. The molecule has 0 atom stereocenters. The van der Waals surface area contributed by atoms with Crippen molar-refractivity contribution in [3.63, 3.8) is 0 Å². The second kappa shape index (κ2) is 4.95. The SMILES string of the molecule is CN(c1ccc(I)cc1)S(=O)(=O)c1cccs1. The summed E-state index contributed by atoms with van der Waals surface area (Å²) in [5.74, 6) is 0. The Hall–Kier alpha value is -0.600. The van der Waals surface area contributed by atoms with E-state index in [9.17, 15) is 8.42 Å². The molecule has 2 aromatic rings. The zero-order valence-corrected chi connectivity index (χ0v) is 12.8. The highest BCUT2D eigenvalue weighted by Gasteiger charge is 2.21. The van der Waals surface area contributed by atoms with Crippen LogP contribution in [0.5, 0.6) is 0 Å². The minimum Gasteiger partial charge on any atom is -0.269 e. The minimum absolute atomic E-state index is 0.360. The number of sulfonamides is 1. The van der Waals surface area contributed by atoms with E-state index in [4.69, 9.17) is 0 Å². The van der Waals surface area contributed by atoms with Crippen molar-refractivity contribution in [1.82, 2.24) is 0 Å². The second-order valence-electron chi connectivity index (χ2n) is 3.38. The molecule has 0 spiro atoms. The van der Waals surface area contributed by atoms with E-state index < -0.39 is 10.0 Å². The first-order chi connectivity index (χ1) is 8.01. The Morgan fingerprint density at radius 2 is 1.82 bits per heavy atom. The molecule has 0 saturated heterocycles. The van der Waals surface area contributed by atoms with Gasteiger partial charge in [-0.2, -0.15) is 0 Å². The molecule has 0 N–H and O–H groups in total. The Labute approximate surface area is 118 Å². The normalized spacial score (nSPS) is 11.4. The predicted octanol–water partition coefficient (Wildman–Crippen LogP) is 3.18. The molecule has 0 aliphatic rings. The minimum atomic E-state index is -3.41. The topological polar surface area (TPSA) is 37.4 Å². The maximum absolute atomic E-state index is 12.2. The number of thiophene rings is 1. The Bertz CT molecular complexity index is 591. The lowest BCUT2D eigenvalue weighted by Crippen LogP contribution is -2.25. The summed E-state index contributed by atoms with van der Waals surface area (Å²) < 4.78 is 27.2. The second-order valence-corrected chi connectivity index (χ2v) is 7.77. The largest absolute Gasteiger partial charge is 0.273 e. The Morgan fingerprint density at radius 1 is 1.18 bits per heavy atom. The van der Waals surface area contributed by atoms with Crippen LogP contribution >= 0.6 is 33.9 Å². The lowest BCUT2D eigenvalue weighted by atomic mass is 10.3. The summed E-state index contributed by atoms with van der Waals surface area (Å²) in [5, 5.41) is 1.76. The highest BCUT2D eigenvalue weighted by Crippen LogP contribution is 2.25. The van der Waals surface area contributed by atoms with Crippen molar-refractivity contribution in [2.45, 2.75) is 4.21 Å². The molecular weight excluding hydrogens is 369 g/mol. The average Bonchev–Trinajstić information content (AvgIpc) is 2.83. The Kier molecular flexibility index (Phi) is 3.74. The number of rotatable bonds is 3. The quantitative estimate of drug-likeness (QED) is 0.769. The lowest BCUT2D eigenvalue weighted by Gasteiger charge is -2.18. The highest BCUT2D eigenvalue weighted by atomic mass is 127. The van der Waals surface area contributed by atoms with Gasteiger partial charge in [0, 0.05) is 10.6 Å². The summed E-state index contributed by atoms with van der Waals surface area (Å²) in [6.45, 7) is 0. The molecule has 0 radical (unpaired) electrons. The van der Waals surface area contributed by atoms with Crippen LogP contribution < -0.4 is 4.31 Å². The van der Waals surface area contributed by atoms with Gasteiger partial charge in [0.1, 0.15) is 4.21 Å². The molecule has 1 aromatic heterocycles. The van der Waals surface area contributed by atoms with Crippen molar-refractivity contribution < 1.29 is 8.42 Å². The van der Waals surface area contributed by atoms with E-state index >= 15 is 0 Å². The first-order valence-electron chi connectivity index (χ1n) is 4.80. The number of hydrogen-bond donors (Lipinski definition) is 0. The third-order valence-corrected chi connectivity index (χ3v) is 6.18. The van der Waals surface area contributed by atoms with Gasteiger partial charge >= 0.3 is 0 Å². The zero-order valence-electron chi connectivity index (χ0n) is 9.00. The molecule has 0 unspecified atom stereocenters. The number of anilines is 1.